The molecule has 1 amide bonds. The largest absolute Gasteiger partial charge is 0.491 e. The lowest BCUT2D eigenvalue weighted by Crippen LogP contribution is -2.42. The van der Waals surface area contributed by atoms with Crippen molar-refractivity contribution >= 4 is 23.2 Å². The average Bonchev–Trinajstić information content (AvgIpc) is 2.49. The Labute approximate surface area is 147 Å². The van der Waals surface area contributed by atoms with Crippen molar-refractivity contribution in [3.8, 4) is 11.5 Å². The summed E-state index contributed by atoms with van der Waals surface area (Å²) in [5.41, 5.74) is -0.381. The van der Waals surface area contributed by atoms with Crippen molar-refractivity contribution in [2.24, 2.45) is 0 Å². The molecule has 2 rings (SSSR count). The number of rotatable bonds is 6. The van der Waals surface area contributed by atoms with Gasteiger partial charge in [-0.15, -0.1) is 0 Å². The molecule has 0 heterocycles. The van der Waals surface area contributed by atoms with Crippen molar-refractivity contribution in [1.82, 2.24) is 0 Å². The maximum Gasteiger partial charge on any atom is 0.267 e. The zero-order valence-electron chi connectivity index (χ0n) is 14.3. The number of nitrogens with one attached hydrogen (secondary N) is 1. The monoisotopic (exact) mass is 347 g/mol. The summed E-state index contributed by atoms with van der Waals surface area (Å²) in [7, 11) is 0. The van der Waals surface area contributed by atoms with Crippen molar-refractivity contribution in [3.05, 3.63) is 53.6 Å². The van der Waals surface area contributed by atoms with Gasteiger partial charge in [0.1, 0.15) is 11.5 Å². The lowest BCUT2D eigenvalue weighted by atomic mass is 10.1. The molecule has 2 aromatic rings. The Morgan fingerprint density at radius 1 is 1.08 bits per heavy atom. The Balaban J connectivity index is 2.06. The van der Waals surface area contributed by atoms with E-state index in [0.717, 1.165) is 0 Å². The predicted molar refractivity (Wildman–Crippen MR) is 97.0 cm³/mol. The smallest absolute Gasteiger partial charge is 0.267 e. The quantitative estimate of drug-likeness (QED) is 0.806. The van der Waals surface area contributed by atoms with Gasteiger partial charge >= 0.3 is 0 Å². The van der Waals surface area contributed by atoms with E-state index in [1.54, 1.807) is 44.2 Å². The van der Waals surface area contributed by atoms with Crippen molar-refractivity contribution < 1.29 is 14.3 Å². The van der Waals surface area contributed by atoms with E-state index < -0.39 is 5.60 Å². The number of carbonyl (C=O) groups is 1. The average molecular weight is 348 g/mol. The fourth-order valence-electron chi connectivity index (χ4n) is 2.04. The fourth-order valence-corrected chi connectivity index (χ4v) is 2.17. The number of halogens is 1. The first-order valence-electron chi connectivity index (χ1n) is 7.79. The molecule has 0 aliphatic heterocycles. The maximum atomic E-state index is 12.5. The summed E-state index contributed by atoms with van der Waals surface area (Å²) in [4.78, 5) is 12.5. The van der Waals surface area contributed by atoms with Crippen LogP contribution < -0.4 is 14.8 Å². The number of hydrogen-bond acceptors (Lipinski definition) is 3. The lowest BCUT2D eigenvalue weighted by molar-refractivity contribution is -0.128. The third kappa shape index (κ3) is 5.17. The summed E-state index contributed by atoms with van der Waals surface area (Å²) in [6, 6.07) is 14.2. The van der Waals surface area contributed by atoms with E-state index in [4.69, 9.17) is 21.1 Å². The number of benzene rings is 2. The van der Waals surface area contributed by atoms with E-state index >= 15 is 0 Å². The van der Waals surface area contributed by atoms with Crippen molar-refractivity contribution in [2.75, 3.05) is 5.32 Å². The van der Waals surface area contributed by atoms with Gasteiger partial charge < -0.3 is 14.8 Å². The maximum absolute atomic E-state index is 12.5. The summed E-state index contributed by atoms with van der Waals surface area (Å²) < 4.78 is 11.4. The van der Waals surface area contributed by atoms with Crippen LogP contribution in [0, 0.1) is 0 Å². The van der Waals surface area contributed by atoms with Crippen LogP contribution in [0.3, 0.4) is 0 Å². The van der Waals surface area contributed by atoms with Gasteiger partial charge in [-0.3, -0.25) is 4.79 Å². The number of hydrogen-bond donors (Lipinski definition) is 1. The highest BCUT2D eigenvalue weighted by Gasteiger charge is 2.30. The molecule has 128 valence electrons. The second-order valence-corrected chi connectivity index (χ2v) is 6.65. The van der Waals surface area contributed by atoms with Gasteiger partial charge in [-0.25, -0.2) is 0 Å². The summed E-state index contributed by atoms with van der Waals surface area (Å²) >= 11 is 5.86. The Bertz CT molecular complexity index is 696. The van der Waals surface area contributed by atoms with Crippen LogP contribution >= 0.6 is 11.6 Å². The summed E-state index contributed by atoms with van der Waals surface area (Å²) in [5, 5.41) is 3.47. The molecule has 0 aliphatic carbocycles. The molecule has 2 aromatic carbocycles. The van der Waals surface area contributed by atoms with Crippen LogP contribution in [0.5, 0.6) is 11.5 Å². The molecule has 0 atom stereocenters. The van der Waals surface area contributed by atoms with E-state index in [9.17, 15) is 4.79 Å². The summed E-state index contributed by atoms with van der Waals surface area (Å²) in [6.45, 7) is 7.33. The van der Waals surface area contributed by atoms with Gasteiger partial charge in [0, 0.05) is 16.8 Å². The van der Waals surface area contributed by atoms with Crippen molar-refractivity contribution in [3.63, 3.8) is 0 Å². The molecule has 0 unspecified atom stereocenters. The molecule has 0 spiro atoms. The van der Waals surface area contributed by atoms with Gasteiger partial charge in [-0.2, -0.15) is 0 Å². The molecule has 0 radical (unpaired) electrons. The molecule has 0 bridgehead atoms. The second-order valence-electron chi connectivity index (χ2n) is 6.21. The lowest BCUT2D eigenvalue weighted by Gasteiger charge is -2.25. The van der Waals surface area contributed by atoms with Gasteiger partial charge in [-0.05, 0) is 64.1 Å². The minimum absolute atomic E-state index is 0.0700. The van der Waals surface area contributed by atoms with Gasteiger partial charge in [0.15, 0.2) is 5.60 Å². The molecular weight excluding hydrogens is 326 g/mol. The van der Waals surface area contributed by atoms with Crippen LogP contribution in [-0.4, -0.2) is 17.6 Å². The first kappa shape index (κ1) is 18.1. The number of amides is 1. The zero-order chi connectivity index (χ0) is 17.7. The molecule has 0 fully saturated rings. The third-order valence-corrected chi connectivity index (χ3v) is 3.45. The van der Waals surface area contributed by atoms with Crippen molar-refractivity contribution in [2.45, 2.75) is 39.4 Å². The number of ether oxygens (including phenoxy) is 2. The Kier molecular flexibility index (Phi) is 5.73. The molecular formula is C19H22ClNO3. The number of carbonyl (C=O) groups excluding carboxylic acids is 1. The van der Waals surface area contributed by atoms with E-state index in [-0.39, 0.29) is 12.0 Å². The Morgan fingerprint density at radius 3 is 2.38 bits per heavy atom. The minimum Gasteiger partial charge on any atom is -0.491 e. The Hall–Kier alpha value is -2.20. The highest BCUT2D eigenvalue weighted by Crippen LogP contribution is 2.23. The van der Waals surface area contributed by atoms with E-state index in [1.807, 2.05) is 32.0 Å². The normalized spacial score (nSPS) is 11.2. The van der Waals surface area contributed by atoms with Crippen LogP contribution in [0.1, 0.15) is 27.7 Å². The molecule has 0 saturated heterocycles. The van der Waals surface area contributed by atoms with Gasteiger partial charge in [0.2, 0.25) is 0 Å². The van der Waals surface area contributed by atoms with Gasteiger partial charge in [0.25, 0.3) is 5.91 Å². The van der Waals surface area contributed by atoms with Crippen LogP contribution in [0.2, 0.25) is 5.02 Å². The highest BCUT2D eigenvalue weighted by atomic mass is 35.5. The summed E-state index contributed by atoms with van der Waals surface area (Å²) in [6.07, 6.45) is 0.0700. The van der Waals surface area contributed by atoms with Crippen LogP contribution in [0.15, 0.2) is 48.5 Å². The van der Waals surface area contributed by atoms with Crippen LogP contribution in [0.25, 0.3) is 0 Å². The molecule has 0 saturated carbocycles. The minimum atomic E-state index is -1.04. The van der Waals surface area contributed by atoms with Crippen molar-refractivity contribution in [1.29, 1.82) is 0 Å². The van der Waals surface area contributed by atoms with Crippen LogP contribution in [0.4, 0.5) is 5.69 Å². The predicted octanol–water partition coefficient (Wildman–Crippen LogP) is 4.92. The fraction of sp³-hybridized carbons (Fsp3) is 0.316. The molecule has 0 aliphatic rings. The Morgan fingerprint density at radius 2 is 1.75 bits per heavy atom. The first-order chi connectivity index (χ1) is 11.3. The second kappa shape index (κ2) is 7.58. The van der Waals surface area contributed by atoms with E-state index in [2.05, 4.69) is 5.32 Å². The molecule has 24 heavy (non-hydrogen) atoms. The topological polar surface area (TPSA) is 47.6 Å². The van der Waals surface area contributed by atoms with E-state index in [1.165, 1.54) is 0 Å². The third-order valence-electron chi connectivity index (χ3n) is 3.20. The molecule has 0 aromatic heterocycles. The molecule has 1 N–H and O–H groups in total. The summed E-state index contributed by atoms with van der Waals surface area (Å²) in [5.74, 6) is 1.04. The molecule has 4 nitrogen and oxygen atoms in total. The van der Waals surface area contributed by atoms with Gasteiger partial charge in [-0.1, -0.05) is 17.7 Å². The van der Waals surface area contributed by atoms with E-state index in [0.29, 0.717) is 22.2 Å². The first-order valence-corrected chi connectivity index (χ1v) is 8.17. The standard InChI is InChI=1S/C19H22ClNO3/c1-13(2)23-17-7-5-6-15(12-17)21-18(22)19(3,4)24-16-10-8-14(20)9-11-16/h5-13H,1-4H3,(H,21,22). The number of anilines is 1. The highest BCUT2D eigenvalue weighted by molar-refractivity contribution is 6.30. The SMILES string of the molecule is CC(C)Oc1cccc(NC(=O)C(C)(C)Oc2ccc(Cl)cc2)c1. The van der Waals surface area contributed by atoms with Gasteiger partial charge in [0.05, 0.1) is 6.10 Å². The molecule has 5 heteroatoms. The van der Waals surface area contributed by atoms with Crippen LogP contribution in [-0.2, 0) is 4.79 Å². The zero-order valence-corrected chi connectivity index (χ0v) is 15.1.